The molecule has 30 heavy (non-hydrogen) atoms. The van der Waals surface area contributed by atoms with Crippen molar-refractivity contribution in [1.29, 1.82) is 0 Å². The summed E-state index contributed by atoms with van der Waals surface area (Å²) in [7, 11) is -2.24. The van der Waals surface area contributed by atoms with Gasteiger partial charge in [0.2, 0.25) is 0 Å². The number of nitrogens with one attached hydrogen (secondary N) is 1. The van der Waals surface area contributed by atoms with Crippen molar-refractivity contribution in [3.63, 3.8) is 0 Å². The molecular formula is C22H32F3NO3Si. The Kier molecular flexibility index (Phi) is 7.66. The molecule has 2 rings (SSSR count). The van der Waals surface area contributed by atoms with Crippen LogP contribution in [0.4, 0.5) is 18.0 Å². The molecule has 2 N–H and O–H groups in total. The Bertz CT molecular complexity index is 789. The van der Waals surface area contributed by atoms with Gasteiger partial charge in [-0.15, -0.1) is 0 Å². The van der Waals surface area contributed by atoms with Crippen LogP contribution in [0.1, 0.15) is 65.9 Å². The van der Waals surface area contributed by atoms with E-state index in [1.807, 2.05) is 0 Å². The largest absolute Gasteiger partial charge is 0.546 e. The molecule has 1 aromatic rings. The lowest BCUT2D eigenvalue weighted by Gasteiger charge is -2.44. The fourth-order valence-electron chi connectivity index (χ4n) is 5.00. The number of halogens is 3. The van der Waals surface area contributed by atoms with Crippen molar-refractivity contribution in [1.82, 2.24) is 5.32 Å². The van der Waals surface area contributed by atoms with Crippen LogP contribution >= 0.6 is 0 Å². The fourth-order valence-corrected chi connectivity index (χ4v) is 10.3. The SMILES string of the molecule is CC(C)[Si](OC1=CC(NC(=O)O)C(c2cc(F)c(F)cc2F)CC1)(C(C)C)C(C)C. The van der Waals surface area contributed by atoms with Crippen molar-refractivity contribution >= 4 is 14.4 Å². The van der Waals surface area contributed by atoms with Crippen molar-refractivity contribution in [2.75, 3.05) is 0 Å². The van der Waals surface area contributed by atoms with E-state index in [2.05, 4.69) is 46.9 Å². The van der Waals surface area contributed by atoms with Crippen molar-refractivity contribution in [2.24, 2.45) is 0 Å². The Labute approximate surface area is 177 Å². The lowest BCUT2D eigenvalue weighted by Crippen LogP contribution is -2.48. The second-order valence-electron chi connectivity index (χ2n) is 8.96. The van der Waals surface area contributed by atoms with Crippen LogP contribution in [-0.2, 0) is 4.43 Å². The Morgan fingerprint density at radius 2 is 1.57 bits per heavy atom. The first-order valence-electron chi connectivity index (χ1n) is 10.4. The first-order chi connectivity index (χ1) is 13.9. The van der Waals surface area contributed by atoms with Crippen LogP contribution in [-0.4, -0.2) is 25.6 Å². The summed E-state index contributed by atoms with van der Waals surface area (Å²) >= 11 is 0. The third-order valence-electron chi connectivity index (χ3n) is 6.24. The zero-order chi connectivity index (χ0) is 22.8. The van der Waals surface area contributed by atoms with E-state index in [9.17, 15) is 23.1 Å². The van der Waals surface area contributed by atoms with Crippen LogP contribution in [0.5, 0.6) is 0 Å². The normalized spacial score (nSPS) is 19.9. The molecule has 168 valence electrons. The van der Waals surface area contributed by atoms with E-state index in [1.54, 1.807) is 6.08 Å². The van der Waals surface area contributed by atoms with E-state index in [-0.39, 0.29) is 5.56 Å². The van der Waals surface area contributed by atoms with E-state index < -0.39 is 43.8 Å². The molecule has 1 amide bonds. The van der Waals surface area contributed by atoms with E-state index in [0.717, 1.165) is 6.07 Å². The molecule has 0 radical (unpaired) electrons. The van der Waals surface area contributed by atoms with Gasteiger partial charge in [0.05, 0.1) is 11.8 Å². The lowest BCUT2D eigenvalue weighted by molar-refractivity contribution is 0.188. The van der Waals surface area contributed by atoms with Crippen LogP contribution in [0.2, 0.25) is 16.6 Å². The fraction of sp³-hybridized carbons (Fsp3) is 0.591. The average Bonchev–Trinajstić information content (AvgIpc) is 2.62. The maximum atomic E-state index is 14.4. The van der Waals surface area contributed by atoms with Crippen LogP contribution in [0.15, 0.2) is 24.0 Å². The molecule has 0 aromatic heterocycles. The molecular weight excluding hydrogens is 411 g/mol. The third-order valence-corrected chi connectivity index (χ3v) is 12.3. The zero-order valence-corrected chi connectivity index (χ0v) is 19.4. The first kappa shape index (κ1) is 24.3. The summed E-state index contributed by atoms with van der Waals surface area (Å²) < 4.78 is 48.2. The maximum Gasteiger partial charge on any atom is 0.405 e. The standard InChI is InChI=1S/C22H32F3NO3Si/c1-12(2)30(13(3)4,14(5)6)29-15-7-8-16(21(9-15)26-22(27)28)17-10-19(24)20(25)11-18(17)23/h9-14,16,21,26H,7-8H2,1-6H3,(H,27,28). The second-order valence-corrected chi connectivity index (χ2v) is 14.3. The van der Waals surface area contributed by atoms with Gasteiger partial charge in [-0.25, -0.2) is 18.0 Å². The molecule has 0 saturated heterocycles. The molecule has 8 heteroatoms. The van der Waals surface area contributed by atoms with Crippen molar-refractivity contribution in [2.45, 2.75) is 83.0 Å². The summed E-state index contributed by atoms with van der Waals surface area (Å²) in [4.78, 5) is 11.4. The topological polar surface area (TPSA) is 58.6 Å². The summed E-state index contributed by atoms with van der Waals surface area (Å²) in [5.41, 5.74) is 0.977. The highest BCUT2D eigenvalue weighted by molar-refractivity contribution is 6.77. The van der Waals surface area contributed by atoms with Gasteiger partial charge < -0.3 is 14.8 Å². The van der Waals surface area contributed by atoms with Gasteiger partial charge in [-0.2, -0.15) is 0 Å². The number of rotatable bonds is 7. The van der Waals surface area contributed by atoms with Crippen molar-refractivity contribution in [3.8, 4) is 0 Å². The molecule has 0 fully saturated rings. The molecule has 1 aliphatic rings. The molecule has 1 aliphatic carbocycles. The summed E-state index contributed by atoms with van der Waals surface area (Å²) in [6, 6.07) is 0.525. The highest BCUT2D eigenvalue weighted by atomic mass is 28.4. The molecule has 0 bridgehead atoms. The Morgan fingerprint density at radius 3 is 2.07 bits per heavy atom. The minimum absolute atomic E-state index is 0.0389. The molecule has 0 aliphatic heterocycles. The molecule has 2 unspecified atom stereocenters. The minimum Gasteiger partial charge on any atom is -0.546 e. The maximum absolute atomic E-state index is 14.4. The molecule has 0 heterocycles. The summed E-state index contributed by atoms with van der Waals surface area (Å²) in [5.74, 6) is -3.27. The Morgan fingerprint density at radius 1 is 1.03 bits per heavy atom. The van der Waals surface area contributed by atoms with Crippen LogP contribution in [0.3, 0.4) is 0 Å². The third kappa shape index (κ3) is 4.85. The number of carboxylic acid groups (broad SMARTS) is 1. The van der Waals surface area contributed by atoms with E-state index in [4.69, 9.17) is 4.43 Å². The second kappa shape index (κ2) is 9.45. The molecule has 1 aromatic carbocycles. The van der Waals surface area contributed by atoms with Gasteiger partial charge in [-0.1, -0.05) is 41.5 Å². The highest BCUT2D eigenvalue weighted by Crippen LogP contribution is 2.45. The molecule has 0 spiro atoms. The van der Waals surface area contributed by atoms with Gasteiger partial charge in [-0.3, -0.25) is 0 Å². The predicted octanol–water partition coefficient (Wildman–Crippen LogP) is 6.69. The lowest BCUT2D eigenvalue weighted by atomic mass is 9.83. The number of amides is 1. The molecule has 0 saturated carbocycles. The van der Waals surface area contributed by atoms with Gasteiger partial charge in [0, 0.05) is 18.4 Å². The van der Waals surface area contributed by atoms with Gasteiger partial charge in [-0.05, 0) is 40.8 Å². The summed E-state index contributed by atoms with van der Waals surface area (Å²) in [6.45, 7) is 12.9. The van der Waals surface area contributed by atoms with Gasteiger partial charge in [0.15, 0.2) is 11.6 Å². The van der Waals surface area contributed by atoms with Crippen molar-refractivity contribution in [3.05, 3.63) is 47.0 Å². The predicted molar refractivity (Wildman–Crippen MR) is 113 cm³/mol. The van der Waals surface area contributed by atoms with Gasteiger partial charge in [0.25, 0.3) is 8.32 Å². The van der Waals surface area contributed by atoms with Crippen LogP contribution in [0, 0.1) is 17.5 Å². The smallest absolute Gasteiger partial charge is 0.405 e. The number of hydrogen-bond acceptors (Lipinski definition) is 2. The minimum atomic E-state index is -2.24. The van der Waals surface area contributed by atoms with E-state index in [0.29, 0.717) is 41.3 Å². The average molecular weight is 444 g/mol. The molecule has 4 nitrogen and oxygen atoms in total. The number of carbonyl (C=O) groups is 1. The monoisotopic (exact) mass is 443 g/mol. The number of hydrogen-bond donors (Lipinski definition) is 2. The summed E-state index contributed by atoms with van der Waals surface area (Å²) in [5, 5.41) is 11.7. The van der Waals surface area contributed by atoms with Gasteiger partial charge >= 0.3 is 6.09 Å². The number of benzene rings is 1. The quantitative estimate of drug-likeness (QED) is 0.364. The Hall–Kier alpha value is -1.96. The zero-order valence-electron chi connectivity index (χ0n) is 18.4. The van der Waals surface area contributed by atoms with E-state index >= 15 is 0 Å². The van der Waals surface area contributed by atoms with E-state index in [1.165, 1.54) is 0 Å². The Balaban J connectivity index is 2.44. The van der Waals surface area contributed by atoms with Crippen molar-refractivity contribution < 1.29 is 27.5 Å². The molecule has 2 atom stereocenters. The van der Waals surface area contributed by atoms with Gasteiger partial charge in [0.1, 0.15) is 5.82 Å². The number of allylic oxidation sites excluding steroid dienone is 1. The summed E-state index contributed by atoms with van der Waals surface area (Å²) in [6.07, 6.45) is 1.24. The van der Waals surface area contributed by atoms with Crippen LogP contribution in [0.25, 0.3) is 0 Å². The van der Waals surface area contributed by atoms with Crippen LogP contribution < -0.4 is 5.32 Å². The highest BCUT2D eigenvalue weighted by Gasteiger charge is 2.47. The first-order valence-corrected chi connectivity index (χ1v) is 12.6.